The Morgan fingerprint density at radius 2 is 1.62 bits per heavy atom. The number of benzene rings is 3. The zero-order valence-electron chi connectivity index (χ0n) is 21.6. The summed E-state index contributed by atoms with van der Waals surface area (Å²) in [7, 11) is 0. The number of anilines is 2. The number of hydrogen-bond donors (Lipinski definition) is 3. The van der Waals surface area contributed by atoms with Gasteiger partial charge in [-0.3, -0.25) is 14.4 Å². The summed E-state index contributed by atoms with van der Waals surface area (Å²) in [5.41, 5.74) is 3.12. The van der Waals surface area contributed by atoms with Gasteiger partial charge >= 0.3 is 0 Å². The lowest BCUT2D eigenvalue weighted by Crippen LogP contribution is -2.30. The lowest BCUT2D eigenvalue weighted by Gasteiger charge is -2.12. The summed E-state index contributed by atoms with van der Waals surface area (Å²) in [5.74, 6) is -0.280. The van der Waals surface area contributed by atoms with Crippen molar-refractivity contribution in [1.82, 2.24) is 5.32 Å². The van der Waals surface area contributed by atoms with Gasteiger partial charge in [0.1, 0.15) is 5.70 Å². The normalized spacial score (nSPS) is 11.2. The van der Waals surface area contributed by atoms with Crippen LogP contribution in [0.15, 0.2) is 107 Å². The molecular weight excluding hydrogens is 526 g/mol. The fourth-order valence-electron chi connectivity index (χ4n) is 3.62. The molecule has 8 heteroatoms. The van der Waals surface area contributed by atoms with E-state index >= 15 is 0 Å². The summed E-state index contributed by atoms with van der Waals surface area (Å²) in [5, 5.41) is 10.4. The molecule has 0 atom stereocenters. The molecular formula is C31H29N3O3S2. The Morgan fingerprint density at radius 1 is 0.846 bits per heavy atom. The monoisotopic (exact) mass is 555 g/mol. The van der Waals surface area contributed by atoms with Gasteiger partial charge in [-0.1, -0.05) is 56.3 Å². The maximum absolute atomic E-state index is 13.2. The van der Waals surface area contributed by atoms with Crippen LogP contribution in [0.1, 0.15) is 40.6 Å². The van der Waals surface area contributed by atoms with Crippen LogP contribution < -0.4 is 16.0 Å². The summed E-state index contributed by atoms with van der Waals surface area (Å²) in [6.07, 6.45) is 1.65. The smallest absolute Gasteiger partial charge is 0.272 e. The number of thiophene rings is 1. The Labute approximate surface area is 236 Å². The molecule has 39 heavy (non-hydrogen) atoms. The number of amides is 3. The second-order valence-electron chi connectivity index (χ2n) is 8.99. The Morgan fingerprint density at radius 3 is 2.31 bits per heavy atom. The molecule has 198 valence electrons. The number of rotatable bonds is 10. The Kier molecular flexibility index (Phi) is 9.72. The van der Waals surface area contributed by atoms with Crippen molar-refractivity contribution >= 4 is 58.3 Å². The molecule has 4 aromatic rings. The fraction of sp³-hybridized carbons (Fsp3) is 0.129. The first-order chi connectivity index (χ1) is 18.9. The summed E-state index contributed by atoms with van der Waals surface area (Å²) >= 11 is 2.83. The third-order valence-electron chi connectivity index (χ3n) is 5.68. The van der Waals surface area contributed by atoms with E-state index in [0.717, 1.165) is 15.5 Å². The predicted octanol–water partition coefficient (Wildman–Crippen LogP) is 7.01. The summed E-state index contributed by atoms with van der Waals surface area (Å²) in [6, 6.07) is 27.6. The highest BCUT2D eigenvalue weighted by Crippen LogP contribution is 2.23. The minimum Gasteiger partial charge on any atom is -0.325 e. The number of thioether (sulfide) groups is 1. The van der Waals surface area contributed by atoms with Crippen LogP contribution >= 0.6 is 23.1 Å². The van der Waals surface area contributed by atoms with Gasteiger partial charge < -0.3 is 16.0 Å². The molecule has 1 heterocycles. The molecule has 3 N–H and O–H groups in total. The van der Waals surface area contributed by atoms with E-state index in [1.54, 1.807) is 42.5 Å². The van der Waals surface area contributed by atoms with Gasteiger partial charge in [-0.2, -0.15) is 0 Å². The highest BCUT2D eigenvalue weighted by molar-refractivity contribution is 8.00. The van der Waals surface area contributed by atoms with Gasteiger partial charge in [0.05, 0.1) is 5.75 Å². The van der Waals surface area contributed by atoms with Crippen molar-refractivity contribution in [2.75, 3.05) is 16.4 Å². The molecule has 0 aliphatic carbocycles. The number of hydrogen-bond acceptors (Lipinski definition) is 5. The van der Waals surface area contributed by atoms with Crippen LogP contribution in [0.25, 0.3) is 6.08 Å². The van der Waals surface area contributed by atoms with Gasteiger partial charge in [0.15, 0.2) is 0 Å². The van der Waals surface area contributed by atoms with Crippen molar-refractivity contribution in [2.45, 2.75) is 24.7 Å². The molecule has 0 bridgehead atoms. The molecule has 4 rings (SSSR count). The zero-order chi connectivity index (χ0) is 27.6. The SMILES string of the molecule is CC(C)c1ccc(NC(=O)CSc2cccc(NC(=O)/C(=C/c3cccs3)NC(=O)c3ccccc3)c2)cc1. The van der Waals surface area contributed by atoms with Gasteiger partial charge in [-0.05, 0) is 71.5 Å². The van der Waals surface area contributed by atoms with Crippen LogP contribution in [0.2, 0.25) is 0 Å². The first-order valence-electron chi connectivity index (χ1n) is 12.4. The van der Waals surface area contributed by atoms with E-state index in [0.29, 0.717) is 17.2 Å². The molecule has 1 aromatic heterocycles. The third-order valence-corrected chi connectivity index (χ3v) is 7.49. The largest absolute Gasteiger partial charge is 0.325 e. The summed E-state index contributed by atoms with van der Waals surface area (Å²) in [4.78, 5) is 40.1. The van der Waals surface area contributed by atoms with E-state index in [2.05, 4.69) is 29.8 Å². The van der Waals surface area contributed by atoms with Gasteiger partial charge in [0, 0.05) is 26.7 Å². The Balaban J connectivity index is 1.38. The van der Waals surface area contributed by atoms with E-state index in [-0.39, 0.29) is 23.3 Å². The van der Waals surface area contributed by atoms with E-state index < -0.39 is 5.91 Å². The highest BCUT2D eigenvalue weighted by Gasteiger charge is 2.16. The lowest BCUT2D eigenvalue weighted by atomic mass is 10.0. The van der Waals surface area contributed by atoms with Crippen molar-refractivity contribution in [3.63, 3.8) is 0 Å². The van der Waals surface area contributed by atoms with Crippen molar-refractivity contribution < 1.29 is 14.4 Å². The van der Waals surface area contributed by atoms with E-state index in [9.17, 15) is 14.4 Å². The van der Waals surface area contributed by atoms with Gasteiger partial charge in [-0.15, -0.1) is 23.1 Å². The minimum absolute atomic E-state index is 0.114. The van der Waals surface area contributed by atoms with Crippen molar-refractivity contribution in [3.05, 3.63) is 118 Å². The number of nitrogens with one attached hydrogen (secondary N) is 3. The standard InChI is InChI=1S/C31H29N3O3S2/c1-21(2)22-13-15-24(16-14-22)32-29(35)20-39-26-11-6-10-25(18-26)33-31(37)28(19-27-12-7-17-38-27)34-30(36)23-8-4-3-5-9-23/h3-19,21H,20H2,1-2H3,(H,32,35)(H,33,37)(H,34,36)/b28-19-. The van der Waals surface area contributed by atoms with Crippen LogP contribution in [0.5, 0.6) is 0 Å². The van der Waals surface area contributed by atoms with Crippen molar-refractivity contribution in [3.8, 4) is 0 Å². The first kappa shape index (κ1) is 27.9. The third kappa shape index (κ3) is 8.43. The Bertz CT molecular complexity index is 1450. The Hall–Kier alpha value is -4.14. The number of carbonyl (C=O) groups excluding carboxylic acids is 3. The van der Waals surface area contributed by atoms with Crippen LogP contribution in [0, 0.1) is 0 Å². The topological polar surface area (TPSA) is 87.3 Å². The molecule has 0 saturated carbocycles. The molecule has 0 fully saturated rings. The quantitative estimate of drug-likeness (QED) is 0.145. The maximum Gasteiger partial charge on any atom is 0.272 e. The van der Waals surface area contributed by atoms with E-state index in [4.69, 9.17) is 0 Å². The summed E-state index contributed by atoms with van der Waals surface area (Å²) < 4.78 is 0. The van der Waals surface area contributed by atoms with Crippen LogP contribution in [0.4, 0.5) is 11.4 Å². The molecule has 0 saturated heterocycles. The van der Waals surface area contributed by atoms with Gasteiger partial charge in [0.25, 0.3) is 11.8 Å². The molecule has 0 unspecified atom stereocenters. The highest BCUT2D eigenvalue weighted by atomic mass is 32.2. The second-order valence-corrected chi connectivity index (χ2v) is 11.0. The molecule has 3 aromatic carbocycles. The van der Waals surface area contributed by atoms with Gasteiger partial charge in [0.2, 0.25) is 5.91 Å². The fourth-order valence-corrected chi connectivity index (χ4v) is 5.03. The molecule has 3 amide bonds. The second kappa shape index (κ2) is 13.6. The van der Waals surface area contributed by atoms with Crippen LogP contribution in [-0.4, -0.2) is 23.5 Å². The first-order valence-corrected chi connectivity index (χ1v) is 14.3. The van der Waals surface area contributed by atoms with E-state index in [1.165, 1.54) is 28.7 Å². The van der Waals surface area contributed by atoms with Crippen molar-refractivity contribution in [1.29, 1.82) is 0 Å². The minimum atomic E-state index is -0.447. The predicted molar refractivity (Wildman–Crippen MR) is 161 cm³/mol. The molecule has 0 radical (unpaired) electrons. The zero-order valence-corrected chi connectivity index (χ0v) is 23.3. The van der Waals surface area contributed by atoms with Gasteiger partial charge in [-0.25, -0.2) is 0 Å². The van der Waals surface area contributed by atoms with Crippen molar-refractivity contribution in [2.24, 2.45) is 0 Å². The average molecular weight is 556 g/mol. The van der Waals surface area contributed by atoms with E-state index in [1.807, 2.05) is 60.0 Å². The van der Waals surface area contributed by atoms with Crippen LogP contribution in [0.3, 0.4) is 0 Å². The molecule has 0 aliphatic rings. The maximum atomic E-state index is 13.2. The lowest BCUT2D eigenvalue weighted by molar-refractivity contribution is -0.114. The molecule has 6 nitrogen and oxygen atoms in total. The number of carbonyl (C=O) groups is 3. The summed E-state index contributed by atoms with van der Waals surface area (Å²) in [6.45, 7) is 4.25. The molecule has 0 spiro atoms. The molecule has 0 aliphatic heterocycles. The van der Waals surface area contributed by atoms with Crippen LogP contribution in [-0.2, 0) is 9.59 Å². The average Bonchev–Trinajstić information content (AvgIpc) is 3.46.